The maximum absolute atomic E-state index is 13.7. The fourth-order valence-electron chi connectivity index (χ4n) is 2.00. The lowest BCUT2D eigenvalue weighted by atomic mass is 9.74. The summed E-state index contributed by atoms with van der Waals surface area (Å²) in [5.41, 5.74) is 4.84. The Kier molecular flexibility index (Phi) is 3.32. The third-order valence-electron chi connectivity index (χ3n) is 3.18. The third-order valence-corrected chi connectivity index (χ3v) is 3.80. The van der Waals surface area contributed by atoms with Crippen LogP contribution < -0.4 is 5.73 Å². The molecule has 0 radical (unpaired) electrons. The molecular weight excluding hydrogens is 292 g/mol. The van der Waals surface area contributed by atoms with Crippen LogP contribution in [0.3, 0.4) is 0 Å². The van der Waals surface area contributed by atoms with Gasteiger partial charge in [0.15, 0.2) is 11.6 Å². The molecule has 1 aliphatic carbocycles. The summed E-state index contributed by atoms with van der Waals surface area (Å²) in [4.78, 5) is 11.9. The molecule has 0 atom stereocenters. The molecule has 17 heavy (non-hydrogen) atoms. The number of Topliss-reactive ketones (excluding diaryl/α,β-unsaturated/α-hetero) is 1. The predicted octanol–water partition coefficient (Wildman–Crippen LogP) is 3.18. The first-order chi connectivity index (χ1) is 7.93. The Balaban J connectivity index is 2.27. The number of nitrogens with two attached hydrogens (primary N) is 1. The number of benzene rings is 1. The normalized spacial score (nSPS) is 17.6. The average molecular weight is 304 g/mol. The number of carbonyl (C=O) groups excluding carboxylic acids is 1. The van der Waals surface area contributed by atoms with Gasteiger partial charge in [0.2, 0.25) is 0 Å². The van der Waals surface area contributed by atoms with Crippen LogP contribution in [0, 0.1) is 11.6 Å². The number of hydrogen-bond acceptors (Lipinski definition) is 2. The maximum Gasteiger partial charge on any atom is 0.170 e. The quantitative estimate of drug-likeness (QED) is 0.688. The molecule has 1 aliphatic rings. The minimum Gasteiger partial charge on any atom is -0.325 e. The number of hydrogen-bond donors (Lipinski definition) is 1. The Morgan fingerprint density at radius 2 is 2.06 bits per heavy atom. The van der Waals surface area contributed by atoms with Gasteiger partial charge in [-0.05, 0) is 47.3 Å². The van der Waals surface area contributed by atoms with E-state index >= 15 is 0 Å². The van der Waals surface area contributed by atoms with Crippen LogP contribution in [0.2, 0.25) is 0 Å². The highest BCUT2D eigenvalue weighted by molar-refractivity contribution is 9.10. The fourth-order valence-corrected chi connectivity index (χ4v) is 2.33. The van der Waals surface area contributed by atoms with Crippen molar-refractivity contribution in [2.45, 2.75) is 31.2 Å². The van der Waals surface area contributed by atoms with E-state index in [1.54, 1.807) is 0 Å². The van der Waals surface area contributed by atoms with Gasteiger partial charge >= 0.3 is 0 Å². The molecule has 2 nitrogen and oxygen atoms in total. The van der Waals surface area contributed by atoms with Gasteiger partial charge in [0.1, 0.15) is 5.82 Å². The van der Waals surface area contributed by atoms with Gasteiger partial charge in [-0.2, -0.15) is 0 Å². The molecular formula is C12H12BrF2NO. The second kappa shape index (κ2) is 4.46. The highest BCUT2D eigenvalue weighted by atomic mass is 79.9. The average Bonchev–Trinajstić information content (AvgIpc) is 2.22. The summed E-state index contributed by atoms with van der Waals surface area (Å²) >= 11 is 2.93. The minimum absolute atomic E-state index is 0.00269. The number of ketones is 1. The number of halogens is 3. The Hall–Kier alpha value is -0.810. The lowest BCUT2D eigenvalue weighted by Gasteiger charge is -2.37. The lowest BCUT2D eigenvalue weighted by Crippen LogP contribution is -2.48. The van der Waals surface area contributed by atoms with Gasteiger partial charge < -0.3 is 5.73 Å². The molecule has 2 N–H and O–H groups in total. The van der Waals surface area contributed by atoms with Gasteiger partial charge in [-0.25, -0.2) is 8.78 Å². The van der Waals surface area contributed by atoms with Crippen LogP contribution in [0.15, 0.2) is 16.6 Å². The van der Waals surface area contributed by atoms with Crippen molar-refractivity contribution in [2.75, 3.05) is 0 Å². The molecule has 0 bridgehead atoms. The third kappa shape index (κ3) is 2.40. The largest absolute Gasteiger partial charge is 0.325 e. The highest BCUT2D eigenvalue weighted by Gasteiger charge is 2.36. The second-order valence-electron chi connectivity index (χ2n) is 4.53. The van der Waals surface area contributed by atoms with Crippen LogP contribution in [0.4, 0.5) is 8.78 Å². The van der Waals surface area contributed by atoms with Crippen LogP contribution in [-0.4, -0.2) is 11.3 Å². The van der Waals surface area contributed by atoms with Crippen LogP contribution >= 0.6 is 15.9 Å². The summed E-state index contributed by atoms with van der Waals surface area (Å²) in [6, 6.07) is 2.31. The van der Waals surface area contributed by atoms with E-state index < -0.39 is 28.5 Å². The van der Waals surface area contributed by atoms with Crippen LogP contribution in [0.5, 0.6) is 0 Å². The van der Waals surface area contributed by atoms with Crippen LogP contribution in [0.1, 0.15) is 36.0 Å². The van der Waals surface area contributed by atoms with E-state index in [0.717, 1.165) is 25.3 Å². The second-order valence-corrected chi connectivity index (χ2v) is 5.39. The summed E-state index contributed by atoms with van der Waals surface area (Å²) in [7, 11) is 0. The Bertz CT molecular complexity index is 472. The topological polar surface area (TPSA) is 43.1 Å². The zero-order valence-corrected chi connectivity index (χ0v) is 10.7. The zero-order valence-electron chi connectivity index (χ0n) is 9.10. The molecule has 0 heterocycles. The van der Waals surface area contributed by atoms with E-state index in [0.29, 0.717) is 0 Å². The summed E-state index contributed by atoms with van der Waals surface area (Å²) in [5, 5.41) is 0. The molecule has 5 heteroatoms. The van der Waals surface area contributed by atoms with E-state index in [-0.39, 0.29) is 10.9 Å². The first-order valence-electron chi connectivity index (χ1n) is 5.38. The van der Waals surface area contributed by atoms with Crippen molar-refractivity contribution in [1.82, 2.24) is 0 Å². The smallest absolute Gasteiger partial charge is 0.170 e. The molecule has 0 spiro atoms. The molecule has 92 valence electrons. The van der Waals surface area contributed by atoms with Crippen LogP contribution in [-0.2, 0) is 0 Å². The SMILES string of the molecule is NC1(CC(=O)c2c(F)ccc(Br)c2F)CCC1. The predicted molar refractivity (Wildman–Crippen MR) is 63.8 cm³/mol. The molecule has 0 amide bonds. The molecule has 1 fully saturated rings. The standard InChI is InChI=1S/C12H12BrF2NO/c13-7-2-3-8(14)10(11(7)15)9(17)6-12(16)4-1-5-12/h2-3H,1,4-6,16H2. The van der Waals surface area contributed by atoms with Gasteiger partial charge in [0, 0.05) is 12.0 Å². The fraction of sp³-hybridized carbons (Fsp3) is 0.417. The van der Waals surface area contributed by atoms with E-state index in [1.165, 1.54) is 6.07 Å². The maximum atomic E-state index is 13.7. The van der Waals surface area contributed by atoms with Crippen LogP contribution in [0.25, 0.3) is 0 Å². The Morgan fingerprint density at radius 3 is 2.59 bits per heavy atom. The van der Waals surface area contributed by atoms with E-state index in [4.69, 9.17) is 5.73 Å². The van der Waals surface area contributed by atoms with Crippen molar-refractivity contribution in [3.63, 3.8) is 0 Å². The first-order valence-corrected chi connectivity index (χ1v) is 6.18. The molecule has 1 aromatic rings. The zero-order chi connectivity index (χ0) is 12.6. The minimum atomic E-state index is -0.849. The summed E-state index contributed by atoms with van der Waals surface area (Å²) < 4.78 is 27.2. The van der Waals surface area contributed by atoms with Gasteiger partial charge in [0.25, 0.3) is 0 Å². The van der Waals surface area contributed by atoms with Crippen molar-refractivity contribution in [3.05, 3.63) is 33.8 Å². The van der Waals surface area contributed by atoms with E-state index in [9.17, 15) is 13.6 Å². The van der Waals surface area contributed by atoms with Crippen molar-refractivity contribution in [1.29, 1.82) is 0 Å². The summed E-state index contributed by atoms with van der Waals surface area (Å²) in [6.45, 7) is 0. The lowest BCUT2D eigenvalue weighted by molar-refractivity contribution is 0.0903. The molecule has 0 aromatic heterocycles. The van der Waals surface area contributed by atoms with E-state index in [2.05, 4.69) is 15.9 Å². The van der Waals surface area contributed by atoms with E-state index in [1.807, 2.05) is 0 Å². The first kappa shape index (κ1) is 12.6. The Morgan fingerprint density at radius 1 is 1.41 bits per heavy atom. The van der Waals surface area contributed by atoms with Gasteiger partial charge in [0.05, 0.1) is 10.0 Å². The molecule has 1 saturated carbocycles. The highest BCUT2D eigenvalue weighted by Crippen LogP contribution is 2.34. The number of rotatable bonds is 3. The summed E-state index contributed by atoms with van der Waals surface area (Å²) in [6.07, 6.45) is 2.43. The molecule has 0 saturated heterocycles. The van der Waals surface area contributed by atoms with Gasteiger partial charge in [-0.3, -0.25) is 4.79 Å². The number of carbonyl (C=O) groups is 1. The molecule has 2 rings (SSSR count). The van der Waals surface area contributed by atoms with Gasteiger partial charge in [-0.15, -0.1) is 0 Å². The molecule has 1 aromatic carbocycles. The molecule has 0 aliphatic heterocycles. The molecule has 0 unspecified atom stereocenters. The van der Waals surface area contributed by atoms with Gasteiger partial charge in [-0.1, -0.05) is 0 Å². The van der Waals surface area contributed by atoms with Crippen molar-refractivity contribution in [3.8, 4) is 0 Å². The van der Waals surface area contributed by atoms with Crippen molar-refractivity contribution in [2.24, 2.45) is 5.73 Å². The van der Waals surface area contributed by atoms with Crippen molar-refractivity contribution >= 4 is 21.7 Å². The Labute approximate surface area is 106 Å². The summed E-state index contributed by atoms with van der Waals surface area (Å²) in [5.74, 6) is -2.25. The monoisotopic (exact) mass is 303 g/mol. The van der Waals surface area contributed by atoms with Crippen molar-refractivity contribution < 1.29 is 13.6 Å².